The molecular formula is C28H25NO4S. The van der Waals surface area contributed by atoms with Gasteiger partial charge in [0.05, 0.1) is 10.6 Å². The fourth-order valence-electron chi connectivity index (χ4n) is 3.17. The molecule has 5 nitrogen and oxygen atoms in total. The lowest BCUT2D eigenvalue weighted by Gasteiger charge is -2.11. The lowest BCUT2D eigenvalue weighted by molar-refractivity contribution is -0.129. The van der Waals surface area contributed by atoms with Gasteiger partial charge < -0.3 is 4.74 Å². The summed E-state index contributed by atoms with van der Waals surface area (Å²) >= 11 is 0. The second-order valence-electron chi connectivity index (χ2n) is 7.42. The molecule has 0 atom stereocenters. The summed E-state index contributed by atoms with van der Waals surface area (Å²) in [6.07, 6.45) is 6.55. The van der Waals surface area contributed by atoms with Crippen molar-refractivity contribution >= 4 is 27.8 Å². The summed E-state index contributed by atoms with van der Waals surface area (Å²) in [4.78, 5) is 12.0. The van der Waals surface area contributed by atoms with Gasteiger partial charge in [-0.05, 0) is 43.2 Å². The highest BCUT2D eigenvalue weighted by molar-refractivity contribution is 7.90. The van der Waals surface area contributed by atoms with Crippen LogP contribution in [0.2, 0.25) is 0 Å². The Labute approximate surface area is 200 Å². The first kappa shape index (κ1) is 24.6. The van der Waals surface area contributed by atoms with Crippen LogP contribution in [0.15, 0.2) is 113 Å². The molecule has 0 aliphatic rings. The Morgan fingerprint density at radius 2 is 1.68 bits per heavy atom. The average molecular weight is 472 g/mol. The molecule has 0 spiro atoms. The summed E-state index contributed by atoms with van der Waals surface area (Å²) in [6.45, 7) is 9.09. The molecule has 0 saturated carbocycles. The van der Waals surface area contributed by atoms with Gasteiger partial charge >= 0.3 is 5.97 Å². The lowest BCUT2D eigenvalue weighted by Crippen LogP contribution is -2.07. The van der Waals surface area contributed by atoms with Crippen molar-refractivity contribution in [1.82, 2.24) is 0 Å². The average Bonchev–Trinajstić information content (AvgIpc) is 2.84. The molecule has 0 amide bonds. The molecule has 0 aliphatic carbocycles. The molecule has 6 heteroatoms. The van der Waals surface area contributed by atoms with Gasteiger partial charge in [-0.25, -0.2) is 4.79 Å². The second kappa shape index (κ2) is 11.2. The van der Waals surface area contributed by atoms with Crippen LogP contribution in [0.1, 0.15) is 22.3 Å². The summed E-state index contributed by atoms with van der Waals surface area (Å²) in [7, 11) is -3.95. The van der Waals surface area contributed by atoms with E-state index < -0.39 is 16.0 Å². The molecule has 3 aromatic carbocycles. The Balaban J connectivity index is 2.10. The summed E-state index contributed by atoms with van der Waals surface area (Å²) in [5.41, 5.74) is 3.17. The molecule has 0 unspecified atom stereocenters. The Bertz CT molecular complexity index is 1350. The van der Waals surface area contributed by atoms with Crippen LogP contribution in [0.3, 0.4) is 0 Å². The molecular weight excluding hydrogens is 446 g/mol. The number of benzene rings is 3. The quantitative estimate of drug-likeness (QED) is 0.132. The molecule has 0 N–H and O–H groups in total. The summed E-state index contributed by atoms with van der Waals surface area (Å²) < 4.78 is 35.6. The maximum absolute atomic E-state index is 13.0. The van der Waals surface area contributed by atoms with Crippen LogP contribution >= 0.6 is 0 Å². The van der Waals surface area contributed by atoms with Gasteiger partial charge in [-0.1, -0.05) is 78.9 Å². The molecule has 172 valence electrons. The zero-order valence-corrected chi connectivity index (χ0v) is 19.7. The van der Waals surface area contributed by atoms with Crippen molar-refractivity contribution in [1.29, 1.82) is 0 Å². The number of para-hydroxylation sites is 1. The molecule has 3 rings (SSSR count). The van der Waals surface area contributed by atoms with Gasteiger partial charge in [-0.3, -0.25) is 0 Å². The zero-order valence-electron chi connectivity index (χ0n) is 18.8. The van der Waals surface area contributed by atoms with Crippen LogP contribution in [0.25, 0.3) is 6.08 Å². The number of hydrogen-bond acceptors (Lipinski definition) is 4. The Kier molecular flexibility index (Phi) is 8.11. The fourth-order valence-corrected chi connectivity index (χ4v) is 4.18. The maximum atomic E-state index is 13.0. The van der Waals surface area contributed by atoms with E-state index in [-0.39, 0.29) is 10.6 Å². The van der Waals surface area contributed by atoms with Gasteiger partial charge in [-0.2, -0.15) is 12.8 Å². The summed E-state index contributed by atoms with van der Waals surface area (Å²) in [6, 6.07) is 21.0. The monoisotopic (exact) mass is 471 g/mol. The number of ether oxygens (including phenoxy) is 1. The van der Waals surface area contributed by atoms with E-state index in [1.54, 1.807) is 60.7 Å². The summed E-state index contributed by atoms with van der Waals surface area (Å²) in [5.74, 6) is -0.234. The van der Waals surface area contributed by atoms with Crippen molar-refractivity contribution < 1.29 is 17.9 Å². The standard InChI is InChI=1S/C28H25NO4S/c1-4-10-23-13-9-14-24(28(23)33-27(30)5-2)17-20-26(22-11-7-6-8-12-22)29-34(31,32)25-18-15-21(3)16-19-25/h4-9,11-20H,1-2,10H2,3H3/b20-17+,29-26-. The molecule has 0 saturated heterocycles. The van der Waals surface area contributed by atoms with Crippen LogP contribution in [-0.4, -0.2) is 20.1 Å². The van der Waals surface area contributed by atoms with Crippen molar-refractivity contribution in [3.05, 3.63) is 126 Å². The van der Waals surface area contributed by atoms with Gasteiger partial charge in [0.15, 0.2) is 0 Å². The van der Waals surface area contributed by atoms with E-state index in [1.807, 2.05) is 25.1 Å². The van der Waals surface area contributed by atoms with Crippen molar-refractivity contribution in [3.8, 4) is 5.75 Å². The number of sulfonamides is 1. The number of rotatable bonds is 9. The molecule has 0 bridgehead atoms. The van der Waals surface area contributed by atoms with Crippen LogP contribution in [0.4, 0.5) is 0 Å². The third kappa shape index (κ3) is 6.27. The second-order valence-corrected chi connectivity index (χ2v) is 9.02. The maximum Gasteiger partial charge on any atom is 0.335 e. The Morgan fingerprint density at radius 1 is 0.971 bits per heavy atom. The number of nitrogens with zero attached hydrogens (tertiary/aromatic N) is 1. The Hall–Kier alpha value is -4.03. The number of esters is 1. The van der Waals surface area contributed by atoms with Gasteiger partial charge in [0.2, 0.25) is 0 Å². The minimum Gasteiger partial charge on any atom is -0.422 e. The Morgan fingerprint density at radius 3 is 2.32 bits per heavy atom. The van der Waals surface area contributed by atoms with E-state index in [1.165, 1.54) is 12.1 Å². The van der Waals surface area contributed by atoms with Crippen LogP contribution in [0.5, 0.6) is 5.75 Å². The minimum absolute atomic E-state index is 0.105. The molecule has 0 aromatic heterocycles. The first-order valence-electron chi connectivity index (χ1n) is 10.6. The van der Waals surface area contributed by atoms with E-state index >= 15 is 0 Å². The number of carbonyl (C=O) groups is 1. The normalized spacial score (nSPS) is 11.9. The summed E-state index contributed by atoms with van der Waals surface area (Å²) in [5, 5.41) is 0. The molecule has 0 radical (unpaired) electrons. The van der Waals surface area contributed by atoms with E-state index in [0.717, 1.165) is 17.2 Å². The molecule has 34 heavy (non-hydrogen) atoms. The van der Waals surface area contributed by atoms with Crippen molar-refractivity contribution in [2.24, 2.45) is 4.40 Å². The number of aryl methyl sites for hydroxylation is 1. The van der Waals surface area contributed by atoms with Gasteiger partial charge in [0.25, 0.3) is 10.0 Å². The number of hydrogen-bond donors (Lipinski definition) is 0. The van der Waals surface area contributed by atoms with E-state index in [9.17, 15) is 13.2 Å². The third-order valence-electron chi connectivity index (χ3n) is 4.89. The van der Waals surface area contributed by atoms with E-state index in [2.05, 4.69) is 17.6 Å². The predicted molar refractivity (Wildman–Crippen MR) is 137 cm³/mol. The van der Waals surface area contributed by atoms with Gasteiger partial charge in [-0.15, -0.1) is 6.58 Å². The highest BCUT2D eigenvalue weighted by Crippen LogP contribution is 2.27. The first-order chi connectivity index (χ1) is 16.3. The van der Waals surface area contributed by atoms with Crippen molar-refractivity contribution in [2.75, 3.05) is 0 Å². The molecule has 0 heterocycles. The van der Waals surface area contributed by atoms with Crippen LogP contribution in [0, 0.1) is 6.92 Å². The first-order valence-corrected chi connectivity index (χ1v) is 12.0. The SMILES string of the molecule is C=CCc1cccc(/C=C/C(=N/S(=O)(=O)c2ccc(C)cc2)c2ccccc2)c1OC(=O)C=C. The van der Waals surface area contributed by atoms with Crippen LogP contribution in [-0.2, 0) is 21.2 Å². The highest BCUT2D eigenvalue weighted by Gasteiger charge is 2.15. The zero-order chi connectivity index (χ0) is 24.6. The lowest BCUT2D eigenvalue weighted by atomic mass is 10.0. The topological polar surface area (TPSA) is 72.8 Å². The van der Waals surface area contributed by atoms with Crippen LogP contribution < -0.4 is 4.74 Å². The van der Waals surface area contributed by atoms with Crippen molar-refractivity contribution in [3.63, 3.8) is 0 Å². The minimum atomic E-state index is -3.95. The van der Waals surface area contributed by atoms with E-state index in [0.29, 0.717) is 23.3 Å². The number of allylic oxidation sites excluding steroid dienone is 2. The fraction of sp³-hybridized carbons (Fsp3) is 0.0714. The van der Waals surface area contributed by atoms with E-state index in [4.69, 9.17) is 4.74 Å². The third-order valence-corrected chi connectivity index (χ3v) is 6.19. The number of carbonyl (C=O) groups excluding carboxylic acids is 1. The largest absolute Gasteiger partial charge is 0.422 e. The van der Waals surface area contributed by atoms with Gasteiger partial charge in [0, 0.05) is 17.2 Å². The molecule has 0 aliphatic heterocycles. The van der Waals surface area contributed by atoms with Gasteiger partial charge in [0.1, 0.15) is 5.75 Å². The predicted octanol–water partition coefficient (Wildman–Crippen LogP) is 5.71. The van der Waals surface area contributed by atoms with Crippen molar-refractivity contribution in [2.45, 2.75) is 18.2 Å². The molecule has 0 fully saturated rings. The molecule has 3 aromatic rings. The smallest absolute Gasteiger partial charge is 0.335 e. The highest BCUT2D eigenvalue weighted by atomic mass is 32.2.